The molecule has 0 saturated heterocycles. The molecular weight excluding hydrogens is 252 g/mol. The van der Waals surface area contributed by atoms with Crippen molar-refractivity contribution in [3.05, 3.63) is 42.0 Å². The van der Waals surface area contributed by atoms with Crippen LogP contribution in [-0.4, -0.2) is 17.7 Å². The summed E-state index contributed by atoms with van der Waals surface area (Å²) in [6.07, 6.45) is 0.835. The molecule has 3 heteroatoms. The van der Waals surface area contributed by atoms with Crippen molar-refractivity contribution in [2.24, 2.45) is 0 Å². The lowest BCUT2D eigenvalue weighted by molar-refractivity contribution is -0.137. The van der Waals surface area contributed by atoms with Crippen molar-refractivity contribution < 1.29 is 14.6 Å². The van der Waals surface area contributed by atoms with Gasteiger partial charge in [-0.1, -0.05) is 23.6 Å². The fourth-order valence-electron chi connectivity index (χ4n) is 1.74. The number of carboxylic acid groups (broad SMARTS) is 1. The van der Waals surface area contributed by atoms with E-state index in [4.69, 9.17) is 9.84 Å². The maximum absolute atomic E-state index is 10.8. The number of aliphatic carboxylic acids is 1. The summed E-state index contributed by atoms with van der Waals surface area (Å²) in [6, 6.07) is 7.43. The van der Waals surface area contributed by atoms with Gasteiger partial charge in [-0.2, -0.15) is 0 Å². The molecule has 1 atom stereocenters. The van der Waals surface area contributed by atoms with Crippen LogP contribution in [0.3, 0.4) is 0 Å². The van der Waals surface area contributed by atoms with Gasteiger partial charge in [0.1, 0.15) is 5.75 Å². The second kappa shape index (κ2) is 8.06. The Bertz CT molecular complexity index is 517. The molecule has 20 heavy (non-hydrogen) atoms. The minimum absolute atomic E-state index is 0.0106. The summed E-state index contributed by atoms with van der Waals surface area (Å²) >= 11 is 0. The number of hydrogen-bond donors (Lipinski definition) is 1. The number of ether oxygens (including phenoxy) is 1. The summed E-state index contributed by atoms with van der Waals surface area (Å²) in [4.78, 5) is 10.8. The Hall–Kier alpha value is -2.21. The predicted octanol–water partition coefficient (Wildman–Crippen LogP) is 3.61. The third kappa shape index (κ3) is 5.62. The van der Waals surface area contributed by atoms with Gasteiger partial charge in [-0.15, -0.1) is 12.5 Å². The van der Waals surface area contributed by atoms with Gasteiger partial charge < -0.3 is 9.84 Å². The molecule has 0 heterocycles. The normalized spacial score (nSPS) is 11.1. The first-order chi connectivity index (χ1) is 9.52. The monoisotopic (exact) mass is 272 g/mol. The number of benzene rings is 1. The molecule has 0 aliphatic carbocycles. The maximum Gasteiger partial charge on any atom is 0.304 e. The van der Waals surface area contributed by atoms with Gasteiger partial charge in [0.2, 0.25) is 0 Å². The fourth-order valence-corrected chi connectivity index (χ4v) is 1.74. The van der Waals surface area contributed by atoms with Crippen LogP contribution in [-0.2, 0) is 4.79 Å². The highest BCUT2D eigenvalue weighted by Gasteiger charge is 2.12. The number of hydrogen-bond acceptors (Lipinski definition) is 2. The van der Waals surface area contributed by atoms with E-state index in [1.807, 2.05) is 31.2 Å². The van der Waals surface area contributed by atoms with Crippen LogP contribution in [0.4, 0.5) is 0 Å². The van der Waals surface area contributed by atoms with Crippen LogP contribution in [0.25, 0.3) is 0 Å². The second-order valence-electron chi connectivity index (χ2n) is 4.67. The Labute approximate surface area is 120 Å². The minimum atomic E-state index is -0.848. The van der Waals surface area contributed by atoms with E-state index in [1.165, 1.54) is 0 Å². The molecule has 0 aliphatic heterocycles. The van der Waals surface area contributed by atoms with Crippen LogP contribution in [0, 0.1) is 11.8 Å². The van der Waals surface area contributed by atoms with E-state index in [1.54, 1.807) is 6.92 Å². The zero-order valence-corrected chi connectivity index (χ0v) is 12.0. The van der Waals surface area contributed by atoms with Crippen molar-refractivity contribution in [3.8, 4) is 17.6 Å². The van der Waals surface area contributed by atoms with Gasteiger partial charge in [-0.3, -0.25) is 4.79 Å². The molecule has 1 N–H and O–H groups in total. The molecule has 1 aromatic rings. The summed E-state index contributed by atoms with van der Waals surface area (Å²) in [6.45, 7) is 8.10. The largest absolute Gasteiger partial charge is 0.493 e. The average molecular weight is 272 g/mol. The molecular formula is C17H20O3. The molecule has 0 aliphatic rings. The third-order valence-electron chi connectivity index (χ3n) is 2.78. The van der Waals surface area contributed by atoms with E-state index < -0.39 is 5.97 Å². The van der Waals surface area contributed by atoms with E-state index in [2.05, 4.69) is 18.4 Å². The second-order valence-corrected chi connectivity index (χ2v) is 4.67. The molecule has 0 bridgehead atoms. The molecule has 0 amide bonds. The van der Waals surface area contributed by atoms with Crippen LogP contribution in [0.5, 0.6) is 5.75 Å². The van der Waals surface area contributed by atoms with Crippen molar-refractivity contribution >= 4 is 5.97 Å². The molecule has 1 rings (SSSR count). The predicted molar refractivity (Wildman–Crippen MR) is 79.8 cm³/mol. The van der Waals surface area contributed by atoms with Gasteiger partial charge in [0.05, 0.1) is 18.9 Å². The van der Waals surface area contributed by atoms with Gasteiger partial charge >= 0.3 is 5.97 Å². The Morgan fingerprint density at radius 2 is 2.05 bits per heavy atom. The van der Waals surface area contributed by atoms with E-state index in [0.717, 1.165) is 23.3 Å². The van der Waals surface area contributed by atoms with Crippen LogP contribution < -0.4 is 4.74 Å². The SMILES string of the molecule is C=C(C)CCOc1ccc([C@@H](C#CC)CC(=O)O)cc1. The van der Waals surface area contributed by atoms with Crippen molar-refractivity contribution in [3.63, 3.8) is 0 Å². The van der Waals surface area contributed by atoms with Crippen molar-refractivity contribution in [1.29, 1.82) is 0 Å². The topological polar surface area (TPSA) is 46.5 Å². The Morgan fingerprint density at radius 1 is 1.40 bits per heavy atom. The highest BCUT2D eigenvalue weighted by molar-refractivity contribution is 5.69. The summed E-state index contributed by atoms with van der Waals surface area (Å²) in [5.41, 5.74) is 1.98. The Balaban J connectivity index is 2.69. The fraction of sp³-hybridized carbons (Fsp3) is 0.353. The van der Waals surface area contributed by atoms with E-state index in [9.17, 15) is 4.79 Å². The van der Waals surface area contributed by atoms with Crippen LogP contribution >= 0.6 is 0 Å². The van der Waals surface area contributed by atoms with Crippen LogP contribution in [0.1, 0.15) is 38.2 Å². The van der Waals surface area contributed by atoms with Crippen molar-refractivity contribution in [2.75, 3.05) is 6.61 Å². The zero-order valence-electron chi connectivity index (χ0n) is 12.0. The number of rotatable bonds is 7. The Morgan fingerprint density at radius 3 is 2.55 bits per heavy atom. The first-order valence-corrected chi connectivity index (χ1v) is 6.54. The standard InChI is InChI=1S/C17H20O3/c1-4-5-15(12-17(18)19)14-6-8-16(9-7-14)20-11-10-13(2)3/h6-9,15H,2,10-12H2,1,3H3,(H,18,19)/t15-/m0/s1. The molecule has 0 spiro atoms. The molecule has 0 unspecified atom stereocenters. The van der Waals surface area contributed by atoms with Crippen LogP contribution in [0.15, 0.2) is 36.4 Å². The average Bonchev–Trinajstić information content (AvgIpc) is 2.38. The van der Waals surface area contributed by atoms with Crippen molar-refractivity contribution in [1.82, 2.24) is 0 Å². The van der Waals surface area contributed by atoms with Gasteiger partial charge in [0, 0.05) is 6.42 Å². The van der Waals surface area contributed by atoms with Gasteiger partial charge in [0.15, 0.2) is 0 Å². The molecule has 0 saturated carbocycles. The molecule has 106 valence electrons. The quantitative estimate of drug-likeness (QED) is 0.609. The summed E-state index contributed by atoms with van der Waals surface area (Å²) < 4.78 is 5.58. The lowest BCUT2D eigenvalue weighted by atomic mass is 9.96. The highest BCUT2D eigenvalue weighted by atomic mass is 16.5. The Kier molecular flexibility index (Phi) is 6.39. The third-order valence-corrected chi connectivity index (χ3v) is 2.78. The zero-order chi connectivity index (χ0) is 15.0. The highest BCUT2D eigenvalue weighted by Crippen LogP contribution is 2.22. The van der Waals surface area contributed by atoms with Gasteiger partial charge in [-0.25, -0.2) is 0 Å². The maximum atomic E-state index is 10.8. The van der Waals surface area contributed by atoms with E-state index >= 15 is 0 Å². The number of carbonyl (C=O) groups is 1. The van der Waals surface area contributed by atoms with Gasteiger partial charge in [0.25, 0.3) is 0 Å². The van der Waals surface area contributed by atoms with E-state index in [0.29, 0.717) is 6.61 Å². The smallest absolute Gasteiger partial charge is 0.304 e. The molecule has 0 fully saturated rings. The molecule has 1 aromatic carbocycles. The van der Waals surface area contributed by atoms with Crippen molar-refractivity contribution in [2.45, 2.75) is 32.6 Å². The minimum Gasteiger partial charge on any atom is -0.493 e. The van der Waals surface area contributed by atoms with Gasteiger partial charge in [-0.05, 0) is 31.5 Å². The lowest BCUT2D eigenvalue weighted by Crippen LogP contribution is -2.04. The molecule has 0 radical (unpaired) electrons. The summed E-state index contributed by atoms with van der Waals surface area (Å²) in [7, 11) is 0. The molecule has 3 nitrogen and oxygen atoms in total. The van der Waals surface area contributed by atoms with Crippen LogP contribution in [0.2, 0.25) is 0 Å². The van der Waals surface area contributed by atoms with E-state index in [-0.39, 0.29) is 12.3 Å². The first kappa shape index (κ1) is 15.8. The molecule has 0 aromatic heterocycles. The summed E-state index contributed by atoms with van der Waals surface area (Å²) in [5, 5.41) is 8.89. The lowest BCUT2D eigenvalue weighted by Gasteiger charge is -2.10. The first-order valence-electron chi connectivity index (χ1n) is 6.54. The number of carboxylic acids is 1. The summed E-state index contributed by atoms with van der Waals surface area (Å²) in [5.74, 6) is 5.35.